The molecule has 3 N–H and O–H groups in total. The number of hydrogen-bond donors (Lipinski definition) is 3. The average molecular weight is 652 g/mol. The molecule has 6 rings (SSSR count). The maximum atomic E-state index is 11.5. The zero-order valence-corrected chi connectivity index (χ0v) is 30.7. The molecule has 3 saturated carbocycles. The van der Waals surface area contributed by atoms with Crippen molar-refractivity contribution in [3.8, 4) is 0 Å². The van der Waals surface area contributed by atoms with Crippen LogP contribution >= 0.6 is 0 Å². The zero-order valence-electron chi connectivity index (χ0n) is 30.7. The number of pyridine rings is 1. The molecule has 48 heavy (non-hydrogen) atoms. The second kappa shape index (κ2) is 13.1. The van der Waals surface area contributed by atoms with Crippen LogP contribution in [0.15, 0.2) is 67.0 Å². The van der Waals surface area contributed by atoms with Gasteiger partial charge in [0.1, 0.15) is 0 Å². The highest BCUT2D eigenvalue weighted by Crippen LogP contribution is 2.69. The fraction of sp³-hybridized carbons (Fsp3) is 0.628. The Morgan fingerprint density at radius 3 is 2.27 bits per heavy atom. The molecule has 1 aromatic carbocycles. The third-order valence-corrected chi connectivity index (χ3v) is 14.8. The number of nitrogens with zero attached hydrogens (tertiary/aromatic N) is 1. The minimum absolute atomic E-state index is 0.00357. The predicted octanol–water partition coefficient (Wildman–Crippen LogP) is 10.1. The maximum Gasteiger partial charge on any atom is 0.335 e. The van der Waals surface area contributed by atoms with Crippen molar-refractivity contribution in [2.45, 2.75) is 105 Å². The van der Waals surface area contributed by atoms with Gasteiger partial charge >= 0.3 is 5.97 Å². The summed E-state index contributed by atoms with van der Waals surface area (Å²) in [5.41, 5.74) is 6.17. The van der Waals surface area contributed by atoms with Crippen LogP contribution in [-0.4, -0.2) is 34.7 Å². The Morgan fingerprint density at radius 2 is 1.62 bits per heavy atom. The number of allylic oxidation sites excluding steroid dienone is 3. The predicted molar refractivity (Wildman–Crippen MR) is 199 cm³/mol. The largest absolute Gasteiger partial charge is 0.478 e. The maximum absolute atomic E-state index is 11.5. The molecule has 9 atom stereocenters. The van der Waals surface area contributed by atoms with E-state index in [1.165, 1.54) is 55.2 Å². The van der Waals surface area contributed by atoms with Crippen molar-refractivity contribution in [2.75, 3.05) is 18.4 Å². The van der Waals surface area contributed by atoms with Gasteiger partial charge in [0, 0.05) is 36.7 Å². The van der Waals surface area contributed by atoms with Gasteiger partial charge in [-0.15, -0.1) is 0 Å². The standard InChI is InChI=1S/C43H61N3O2/c1-9-37-40(5,6)35(30-10-12-31(13-11-30)39(47)48)17-20-42(37,8)34-14-15-36-38-33(28(2)3)16-21-43(38,23-22-41(36,7)29(34)4)46-27-26-45-32-18-24-44-25-19-32/h10-13,17-19,24-25,29,33-34,36-38,46H,2,9,14-16,20-23,26-27H2,1,3-8H3,(H,44,45)(H,47,48). The van der Waals surface area contributed by atoms with Crippen molar-refractivity contribution in [1.82, 2.24) is 10.3 Å². The van der Waals surface area contributed by atoms with E-state index in [0.29, 0.717) is 46.5 Å². The summed E-state index contributed by atoms with van der Waals surface area (Å²) in [5, 5.41) is 17.3. The Hall–Kier alpha value is -2.92. The molecule has 9 unspecified atom stereocenters. The summed E-state index contributed by atoms with van der Waals surface area (Å²) in [6, 6.07) is 11.7. The molecular formula is C43H61N3O2. The van der Waals surface area contributed by atoms with Gasteiger partial charge in [0.15, 0.2) is 0 Å². The van der Waals surface area contributed by atoms with E-state index in [4.69, 9.17) is 0 Å². The smallest absolute Gasteiger partial charge is 0.335 e. The van der Waals surface area contributed by atoms with Crippen LogP contribution in [0.2, 0.25) is 0 Å². The Labute approximate surface area is 290 Å². The highest BCUT2D eigenvalue weighted by atomic mass is 16.4. The number of aromatic nitrogens is 1. The highest BCUT2D eigenvalue weighted by molar-refractivity contribution is 5.88. The molecule has 2 aromatic rings. The number of carbonyl (C=O) groups is 1. The van der Waals surface area contributed by atoms with Gasteiger partial charge in [-0.05, 0) is 139 Å². The lowest BCUT2D eigenvalue weighted by Gasteiger charge is -2.65. The second-order valence-electron chi connectivity index (χ2n) is 17.2. The fourth-order valence-corrected chi connectivity index (χ4v) is 12.5. The Morgan fingerprint density at radius 1 is 0.938 bits per heavy atom. The summed E-state index contributed by atoms with van der Waals surface area (Å²) < 4.78 is 0. The van der Waals surface area contributed by atoms with Crippen LogP contribution in [0.25, 0.3) is 5.57 Å². The minimum Gasteiger partial charge on any atom is -0.478 e. The van der Waals surface area contributed by atoms with E-state index in [1.807, 2.05) is 36.7 Å². The van der Waals surface area contributed by atoms with Gasteiger partial charge in [-0.3, -0.25) is 4.98 Å². The van der Waals surface area contributed by atoms with Gasteiger partial charge in [-0.2, -0.15) is 0 Å². The highest BCUT2D eigenvalue weighted by Gasteiger charge is 2.64. The van der Waals surface area contributed by atoms with E-state index >= 15 is 0 Å². The second-order valence-corrected chi connectivity index (χ2v) is 17.2. The van der Waals surface area contributed by atoms with E-state index in [2.05, 4.69) is 76.7 Å². The number of rotatable bonds is 10. The van der Waals surface area contributed by atoms with Crippen LogP contribution in [-0.2, 0) is 0 Å². The normalized spacial score (nSPS) is 37.2. The number of anilines is 1. The molecule has 0 spiro atoms. The molecule has 0 amide bonds. The number of nitrogens with one attached hydrogen (secondary N) is 2. The molecule has 260 valence electrons. The fourth-order valence-electron chi connectivity index (χ4n) is 12.5. The Kier molecular flexibility index (Phi) is 9.52. The summed E-state index contributed by atoms with van der Waals surface area (Å²) in [4.78, 5) is 15.7. The van der Waals surface area contributed by atoms with Gasteiger partial charge in [0.05, 0.1) is 5.56 Å². The number of carboxylic acids is 1. The topological polar surface area (TPSA) is 74.2 Å². The van der Waals surface area contributed by atoms with E-state index in [9.17, 15) is 9.90 Å². The zero-order chi connectivity index (χ0) is 34.5. The van der Waals surface area contributed by atoms with Crippen molar-refractivity contribution in [3.05, 3.63) is 78.1 Å². The van der Waals surface area contributed by atoms with Crippen LogP contribution in [0.1, 0.15) is 116 Å². The SMILES string of the molecule is C=C(C)C1CCC2(NCCNc3ccncc3)CCC3(C)C(C)C(C4(C)CC=C(c5ccc(C(=O)O)cc5)C(C)(C)C4CC)CCC3C12. The number of fused-ring (bicyclic) bond motifs is 3. The number of hydrogen-bond acceptors (Lipinski definition) is 4. The molecule has 1 heterocycles. The molecule has 0 aliphatic heterocycles. The van der Waals surface area contributed by atoms with Crippen LogP contribution in [0.5, 0.6) is 0 Å². The van der Waals surface area contributed by atoms with E-state index < -0.39 is 5.97 Å². The molecule has 4 aliphatic rings. The number of aromatic carboxylic acids is 1. The molecule has 3 fully saturated rings. The van der Waals surface area contributed by atoms with E-state index in [-0.39, 0.29) is 16.4 Å². The van der Waals surface area contributed by atoms with Gasteiger partial charge in [-0.1, -0.05) is 78.3 Å². The molecule has 5 nitrogen and oxygen atoms in total. The third kappa shape index (κ3) is 5.76. The minimum atomic E-state index is -0.864. The molecule has 1 aromatic heterocycles. The quantitative estimate of drug-likeness (QED) is 0.176. The first-order valence-corrected chi connectivity index (χ1v) is 18.9. The van der Waals surface area contributed by atoms with Crippen LogP contribution < -0.4 is 10.6 Å². The van der Waals surface area contributed by atoms with Crippen molar-refractivity contribution < 1.29 is 9.90 Å². The summed E-state index contributed by atoms with van der Waals surface area (Å²) in [5.74, 6) is 2.96. The van der Waals surface area contributed by atoms with Gasteiger partial charge < -0.3 is 15.7 Å². The van der Waals surface area contributed by atoms with Crippen molar-refractivity contribution in [1.29, 1.82) is 0 Å². The lowest BCUT2D eigenvalue weighted by molar-refractivity contribution is -0.136. The van der Waals surface area contributed by atoms with Gasteiger partial charge in [0.25, 0.3) is 0 Å². The van der Waals surface area contributed by atoms with Crippen LogP contribution in [0.3, 0.4) is 0 Å². The van der Waals surface area contributed by atoms with Crippen molar-refractivity contribution >= 4 is 17.2 Å². The molecule has 5 heteroatoms. The van der Waals surface area contributed by atoms with Gasteiger partial charge in [-0.25, -0.2) is 4.79 Å². The molecule has 0 bridgehead atoms. The molecule has 0 saturated heterocycles. The Bertz CT molecular complexity index is 1510. The summed E-state index contributed by atoms with van der Waals surface area (Å²) in [7, 11) is 0. The molecule has 4 aliphatic carbocycles. The van der Waals surface area contributed by atoms with E-state index in [0.717, 1.165) is 31.6 Å². The first kappa shape index (κ1) is 34.9. The van der Waals surface area contributed by atoms with Crippen molar-refractivity contribution in [3.63, 3.8) is 0 Å². The van der Waals surface area contributed by atoms with Gasteiger partial charge in [0.2, 0.25) is 0 Å². The average Bonchev–Trinajstić information content (AvgIpc) is 3.44. The lowest BCUT2D eigenvalue weighted by Crippen LogP contribution is -2.63. The summed E-state index contributed by atoms with van der Waals surface area (Å²) in [6.07, 6.45) is 16.2. The van der Waals surface area contributed by atoms with Crippen molar-refractivity contribution in [2.24, 2.45) is 51.8 Å². The summed E-state index contributed by atoms with van der Waals surface area (Å²) >= 11 is 0. The summed E-state index contributed by atoms with van der Waals surface area (Å²) in [6.45, 7) is 24.0. The molecule has 0 radical (unpaired) electrons. The van der Waals surface area contributed by atoms with Crippen LogP contribution in [0, 0.1) is 51.8 Å². The molecular weight excluding hydrogens is 590 g/mol. The Balaban J connectivity index is 1.25. The first-order chi connectivity index (χ1) is 22.8. The third-order valence-electron chi connectivity index (χ3n) is 14.8. The van der Waals surface area contributed by atoms with Crippen LogP contribution in [0.4, 0.5) is 5.69 Å². The number of benzene rings is 1. The first-order valence-electron chi connectivity index (χ1n) is 18.9. The van der Waals surface area contributed by atoms with E-state index in [1.54, 1.807) is 12.1 Å². The number of carboxylic acid groups (broad SMARTS) is 1. The lowest BCUT2D eigenvalue weighted by atomic mass is 9.41. The monoisotopic (exact) mass is 651 g/mol.